The Morgan fingerprint density at radius 3 is 2.44 bits per heavy atom. The van der Waals surface area contributed by atoms with Gasteiger partial charge in [-0.1, -0.05) is 60.7 Å². The first-order valence-electron chi connectivity index (χ1n) is 13.5. The summed E-state index contributed by atoms with van der Waals surface area (Å²) < 4.78 is 35.8. The molecule has 1 N–H and O–H groups in total. The Kier molecular flexibility index (Phi) is 7.19. The number of carbonyl (C=O) groups excluding carboxylic acids is 1. The largest absolute Gasteiger partial charge is 0.471 e. The number of carbonyl (C=O) groups is 1. The Morgan fingerprint density at radius 2 is 1.66 bits per heavy atom. The molecule has 3 heterocycles. The minimum Gasteiger partial charge on any atom is -0.471 e. The van der Waals surface area contributed by atoms with Crippen LogP contribution in [-0.4, -0.2) is 59.8 Å². The molecule has 0 aliphatic carbocycles. The predicted molar refractivity (Wildman–Crippen MR) is 156 cm³/mol. The second kappa shape index (κ2) is 10.9. The van der Waals surface area contributed by atoms with Gasteiger partial charge in [0.25, 0.3) is 10.0 Å². The summed E-state index contributed by atoms with van der Waals surface area (Å²) in [5, 5.41) is 0. The van der Waals surface area contributed by atoms with Crippen molar-refractivity contribution in [3.8, 4) is 17.1 Å². The summed E-state index contributed by atoms with van der Waals surface area (Å²) in [6.07, 6.45) is -0.417. The lowest BCUT2D eigenvalue weighted by Gasteiger charge is -2.25. The molecule has 4 aromatic rings. The fraction of sp³-hybridized carbons (Fsp3) is 0.258. The van der Waals surface area contributed by atoms with Gasteiger partial charge in [0.2, 0.25) is 17.7 Å². The van der Waals surface area contributed by atoms with Gasteiger partial charge < -0.3 is 9.64 Å². The van der Waals surface area contributed by atoms with Gasteiger partial charge in [0.15, 0.2) is 0 Å². The number of nitrogens with one attached hydrogen (secondary N) is 1. The highest BCUT2D eigenvalue weighted by atomic mass is 32.2. The van der Waals surface area contributed by atoms with Gasteiger partial charge in [-0.3, -0.25) is 9.69 Å². The fourth-order valence-electron chi connectivity index (χ4n) is 5.50. The van der Waals surface area contributed by atoms with Crippen LogP contribution in [0.2, 0.25) is 0 Å². The van der Waals surface area contributed by atoms with Crippen molar-refractivity contribution in [2.24, 2.45) is 0 Å². The molecular formula is C31H31N5O4S. The van der Waals surface area contributed by atoms with Crippen LogP contribution in [-0.2, 0) is 27.9 Å². The zero-order valence-electron chi connectivity index (χ0n) is 22.9. The molecule has 1 atom stereocenters. The van der Waals surface area contributed by atoms with E-state index in [4.69, 9.17) is 4.74 Å². The third-order valence-corrected chi connectivity index (χ3v) is 8.71. The second-order valence-electron chi connectivity index (χ2n) is 10.6. The molecule has 1 aromatic heterocycles. The van der Waals surface area contributed by atoms with Crippen molar-refractivity contribution in [2.45, 2.75) is 37.9 Å². The highest BCUT2D eigenvalue weighted by Gasteiger charge is 2.31. The van der Waals surface area contributed by atoms with Crippen molar-refractivity contribution in [2.75, 3.05) is 24.4 Å². The van der Waals surface area contributed by atoms with E-state index in [1.807, 2.05) is 68.4 Å². The number of benzene rings is 3. The van der Waals surface area contributed by atoms with Crippen molar-refractivity contribution in [3.05, 3.63) is 101 Å². The number of aromatic nitrogens is 2. The maximum absolute atomic E-state index is 13.5. The lowest BCUT2D eigenvalue weighted by molar-refractivity contribution is -0.132. The molecule has 1 saturated heterocycles. The minimum atomic E-state index is -4.01. The number of rotatable bonds is 3. The van der Waals surface area contributed by atoms with E-state index in [1.54, 1.807) is 23.1 Å². The van der Waals surface area contributed by atoms with Crippen LogP contribution in [0.25, 0.3) is 11.3 Å². The van der Waals surface area contributed by atoms with Crippen molar-refractivity contribution >= 4 is 21.9 Å². The number of fused-ring (bicyclic) bond motifs is 6. The predicted octanol–water partition coefficient (Wildman–Crippen LogP) is 4.17. The highest BCUT2D eigenvalue weighted by molar-refractivity contribution is 7.92. The number of amides is 1. The topological polar surface area (TPSA) is 105 Å². The molecule has 9 nitrogen and oxygen atoms in total. The summed E-state index contributed by atoms with van der Waals surface area (Å²) in [5.41, 5.74) is 5.23. The van der Waals surface area contributed by atoms with E-state index in [2.05, 4.69) is 19.6 Å². The zero-order valence-corrected chi connectivity index (χ0v) is 23.8. The quantitative estimate of drug-likeness (QED) is 0.395. The SMILES string of the molecule is Cc1cccc(C)c1-c1cc2nc(n1)NS(=O)(=O)c1cccc(c1)CN1C[C@@H](CN(Cc3ccccc3)CC1=O)O2. The highest BCUT2D eigenvalue weighted by Crippen LogP contribution is 2.30. The smallest absolute Gasteiger partial charge is 0.264 e. The summed E-state index contributed by atoms with van der Waals surface area (Å²) >= 11 is 0. The van der Waals surface area contributed by atoms with Gasteiger partial charge in [0.1, 0.15) is 6.10 Å². The molecule has 210 valence electrons. The van der Waals surface area contributed by atoms with Crippen molar-refractivity contribution < 1.29 is 17.9 Å². The van der Waals surface area contributed by atoms with Gasteiger partial charge in [-0.15, -0.1) is 0 Å². The molecule has 6 bridgehead atoms. The number of anilines is 1. The van der Waals surface area contributed by atoms with E-state index in [1.165, 1.54) is 6.07 Å². The molecule has 10 heteroatoms. The van der Waals surface area contributed by atoms with Gasteiger partial charge in [0, 0.05) is 31.3 Å². The maximum atomic E-state index is 13.5. The molecule has 41 heavy (non-hydrogen) atoms. The van der Waals surface area contributed by atoms with Crippen LogP contribution in [0.15, 0.2) is 83.8 Å². The normalized spacial score (nSPS) is 18.6. The average Bonchev–Trinajstić information content (AvgIpc) is 3.06. The number of sulfonamides is 1. The zero-order chi connectivity index (χ0) is 28.6. The molecule has 0 radical (unpaired) electrons. The Labute approximate surface area is 239 Å². The minimum absolute atomic E-state index is 0.0483. The van der Waals surface area contributed by atoms with E-state index in [0.717, 1.165) is 22.3 Å². The van der Waals surface area contributed by atoms with Gasteiger partial charge in [-0.05, 0) is 48.2 Å². The van der Waals surface area contributed by atoms with Gasteiger partial charge >= 0.3 is 0 Å². The first-order chi connectivity index (χ1) is 19.7. The third kappa shape index (κ3) is 5.94. The van der Waals surface area contributed by atoms with E-state index in [-0.39, 0.29) is 35.7 Å². The van der Waals surface area contributed by atoms with E-state index in [0.29, 0.717) is 30.9 Å². The number of hydrogen-bond acceptors (Lipinski definition) is 7. The molecule has 3 aromatic carbocycles. The van der Waals surface area contributed by atoms with Gasteiger partial charge in [-0.25, -0.2) is 18.1 Å². The lowest BCUT2D eigenvalue weighted by atomic mass is 10.00. The summed E-state index contributed by atoms with van der Waals surface area (Å²) in [6, 6.07) is 24.3. The van der Waals surface area contributed by atoms with Crippen molar-refractivity contribution in [3.63, 3.8) is 0 Å². The first-order valence-corrected chi connectivity index (χ1v) is 15.0. The van der Waals surface area contributed by atoms with Crippen LogP contribution in [0.1, 0.15) is 22.3 Å². The van der Waals surface area contributed by atoms with E-state index in [9.17, 15) is 13.2 Å². The molecule has 1 amide bonds. The molecule has 6 rings (SSSR count). The number of nitrogens with zero attached hydrogens (tertiary/aromatic N) is 4. The number of aryl methyl sites for hydroxylation is 2. The Balaban J connectivity index is 1.46. The summed E-state index contributed by atoms with van der Waals surface area (Å²) in [6.45, 7) is 5.86. The average molecular weight is 570 g/mol. The third-order valence-electron chi connectivity index (χ3n) is 7.38. The standard InChI is InChI=1S/C31H31N5O4S/c1-21-8-6-9-22(2)30(21)27-15-28-33-31(32-27)34-41(38,39)26-13-7-12-24(14-26)17-36-19-25(40-28)18-35(20-29(36)37)16-23-10-4-3-5-11-23/h3-15,25H,16-20H2,1-2H3,(H,32,33,34)/t25-/m1/s1. The van der Waals surface area contributed by atoms with Crippen molar-refractivity contribution in [1.82, 2.24) is 19.8 Å². The van der Waals surface area contributed by atoms with Crippen LogP contribution >= 0.6 is 0 Å². The van der Waals surface area contributed by atoms with Crippen LogP contribution in [0.5, 0.6) is 5.88 Å². The lowest BCUT2D eigenvalue weighted by Crippen LogP contribution is -2.38. The molecular weight excluding hydrogens is 538 g/mol. The molecule has 1 fully saturated rings. The molecule has 0 spiro atoms. The number of ether oxygens (including phenoxy) is 1. The van der Waals surface area contributed by atoms with Crippen LogP contribution < -0.4 is 9.46 Å². The van der Waals surface area contributed by atoms with E-state index < -0.39 is 16.1 Å². The van der Waals surface area contributed by atoms with Gasteiger partial charge in [0.05, 0.1) is 23.7 Å². The van der Waals surface area contributed by atoms with Crippen LogP contribution in [0.3, 0.4) is 0 Å². The summed E-state index contributed by atoms with van der Waals surface area (Å²) in [7, 11) is -4.01. The Hall–Kier alpha value is -4.28. The number of hydrogen-bond donors (Lipinski definition) is 1. The molecule has 2 aliphatic rings. The second-order valence-corrected chi connectivity index (χ2v) is 12.3. The Morgan fingerprint density at radius 1 is 0.902 bits per heavy atom. The van der Waals surface area contributed by atoms with Crippen molar-refractivity contribution in [1.29, 1.82) is 0 Å². The Bertz CT molecular complexity index is 1690. The molecule has 0 saturated carbocycles. The van der Waals surface area contributed by atoms with Crippen LogP contribution in [0, 0.1) is 13.8 Å². The maximum Gasteiger partial charge on any atom is 0.264 e. The van der Waals surface area contributed by atoms with E-state index >= 15 is 0 Å². The van der Waals surface area contributed by atoms with Crippen LogP contribution in [0.4, 0.5) is 5.95 Å². The summed E-state index contributed by atoms with van der Waals surface area (Å²) in [5.74, 6) is 0.112. The molecule has 0 unspecified atom stereocenters. The fourth-order valence-corrected chi connectivity index (χ4v) is 6.51. The first kappa shape index (κ1) is 26.9. The molecule has 2 aliphatic heterocycles. The monoisotopic (exact) mass is 569 g/mol. The summed E-state index contributed by atoms with van der Waals surface area (Å²) in [4.78, 5) is 26.5. The van der Waals surface area contributed by atoms with Gasteiger partial charge in [-0.2, -0.15) is 4.98 Å².